The molecule has 1 rings (SSSR count). The maximum Gasteiger partial charge on any atom is 0.126 e. The number of hydrogen-bond acceptors (Lipinski definition) is 3. The number of aryl methyl sites for hydroxylation is 1. The van der Waals surface area contributed by atoms with Crippen molar-refractivity contribution in [3.05, 3.63) is 23.9 Å². The lowest BCUT2D eigenvalue weighted by molar-refractivity contribution is 0.405. The van der Waals surface area contributed by atoms with Crippen LogP contribution in [-0.2, 0) is 0 Å². The summed E-state index contributed by atoms with van der Waals surface area (Å²) in [5.41, 5.74) is 1.25. The Morgan fingerprint density at radius 2 is 2.21 bits per heavy atom. The van der Waals surface area contributed by atoms with Crippen molar-refractivity contribution < 1.29 is 0 Å². The van der Waals surface area contributed by atoms with Crippen molar-refractivity contribution in [2.45, 2.75) is 13.3 Å². The standard InChI is InChI=1S/C11H19N3/c1-10-5-7-13-11(9-10)12-6-4-8-14(2)3/h5,7,9H,4,6,8H2,1-3H3,(H,12,13). The summed E-state index contributed by atoms with van der Waals surface area (Å²) in [5.74, 6) is 0.976. The Balaban J connectivity index is 2.25. The van der Waals surface area contributed by atoms with Crippen LogP contribution in [0, 0.1) is 6.92 Å². The van der Waals surface area contributed by atoms with E-state index in [9.17, 15) is 0 Å². The van der Waals surface area contributed by atoms with E-state index in [4.69, 9.17) is 0 Å². The minimum atomic E-state index is 0.976. The topological polar surface area (TPSA) is 28.2 Å². The van der Waals surface area contributed by atoms with E-state index in [2.05, 4.69) is 42.3 Å². The van der Waals surface area contributed by atoms with Crippen LogP contribution in [0.25, 0.3) is 0 Å². The van der Waals surface area contributed by atoms with E-state index >= 15 is 0 Å². The molecule has 0 aliphatic rings. The second-order valence-electron chi connectivity index (χ2n) is 3.80. The smallest absolute Gasteiger partial charge is 0.126 e. The number of anilines is 1. The summed E-state index contributed by atoms with van der Waals surface area (Å²) in [4.78, 5) is 6.42. The first kappa shape index (κ1) is 11.0. The normalized spacial score (nSPS) is 10.6. The van der Waals surface area contributed by atoms with Gasteiger partial charge in [-0.05, 0) is 51.7 Å². The summed E-state index contributed by atoms with van der Waals surface area (Å²) in [6.07, 6.45) is 2.98. The summed E-state index contributed by atoms with van der Waals surface area (Å²) in [6, 6.07) is 4.07. The molecule has 1 N–H and O–H groups in total. The second kappa shape index (κ2) is 5.60. The van der Waals surface area contributed by atoms with Crippen LogP contribution in [-0.4, -0.2) is 37.1 Å². The molecule has 14 heavy (non-hydrogen) atoms. The molecule has 0 bridgehead atoms. The van der Waals surface area contributed by atoms with E-state index in [0.29, 0.717) is 0 Å². The van der Waals surface area contributed by atoms with Gasteiger partial charge >= 0.3 is 0 Å². The van der Waals surface area contributed by atoms with Crippen molar-refractivity contribution >= 4 is 5.82 Å². The summed E-state index contributed by atoms with van der Waals surface area (Å²) < 4.78 is 0. The Hall–Kier alpha value is -1.09. The Morgan fingerprint density at radius 3 is 2.86 bits per heavy atom. The first-order valence-corrected chi connectivity index (χ1v) is 5.00. The Bertz CT molecular complexity index is 271. The van der Waals surface area contributed by atoms with E-state index in [1.54, 1.807) is 0 Å². The van der Waals surface area contributed by atoms with Crippen LogP contribution in [0.3, 0.4) is 0 Å². The highest BCUT2D eigenvalue weighted by atomic mass is 15.1. The fraction of sp³-hybridized carbons (Fsp3) is 0.545. The largest absolute Gasteiger partial charge is 0.370 e. The fourth-order valence-corrected chi connectivity index (χ4v) is 1.24. The van der Waals surface area contributed by atoms with E-state index in [-0.39, 0.29) is 0 Å². The molecule has 0 aromatic carbocycles. The average molecular weight is 193 g/mol. The number of pyridine rings is 1. The predicted molar refractivity (Wildman–Crippen MR) is 60.6 cm³/mol. The molecule has 0 spiro atoms. The van der Waals surface area contributed by atoms with Gasteiger partial charge < -0.3 is 10.2 Å². The van der Waals surface area contributed by atoms with Crippen LogP contribution in [0.5, 0.6) is 0 Å². The van der Waals surface area contributed by atoms with Crippen LogP contribution in [0.4, 0.5) is 5.82 Å². The van der Waals surface area contributed by atoms with Crippen molar-refractivity contribution in [3.8, 4) is 0 Å². The Labute approximate surface area is 86.2 Å². The third-order valence-electron chi connectivity index (χ3n) is 2.00. The first-order valence-electron chi connectivity index (χ1n) is 5.00. The van der Waals surface area contributed by atoms with Gasteiger partial charge in [-0.1, -0.05) is 0 Å². The van der Waals surface area contributed by atoms with Crippen molar-refractivity contribution in [1.29, 1.82) is 0 Å². The molecule has 0 saturated carbocycles. The Morgan fingerprint density at radius 1 is 1.43 bits per heavy atom. The minimum Gasteiger partial charge on any atom is -0.370 e. The molecule has 1 heterocycles. The van der Waals surface area contributed by atoms with E-state index in [0.717, 1.165) is 25.3 Å². The van der Waals surface area contributed by atoms with Gasteiger partial charge in [0.15, 0.2) is 0 Å². The molecule has 3 heteroatoms. The molecular weight excluding hydrogens is 174 g/mol. The second-order valence-corrected chi connectivity index (χ2v) is 3.80. The molecule has 0 amide bonds. The van der Waals surface area contributed by atoms with Crippen LogP contribution in [0.2, 0.25) is 0 Å². The zero-order chi connectivity index (χ0) is 10.4. The van der Waals surface area contributed by atoms with Gasteiger partial charge in [0.1, 0.15) is 5.82 Å². The highest BCUT2D eigenvalue weighted by Gasteiger charge is 1.94. The molecule has 3 nitrogen and oxygen atoms in total. The maximum atomic E-state index is 4.23. The summed E-state index contributed by atoms with van der Waals surface area (Å²) in [5, 5.41) is 3.30. The highest BCUT2D eigenvalue weighted by molar-refractivity contribution is 5.36. The molecule has 1 aromatic rings. The van der Waals surface area contributed by atoms with E-state index < -0.39 is 0 Å². The van der Waals surface area contributed by atoms with Crippen LogP contribution >= 0.6 is 0 Å². The summed E-state index contributed by atoms with van der Waals surface area (Å²) in [7, 11) is 4.18. The van der Waals surface area contributed by atoms with Gasteiger partial charge in [0.2, 0.25) is 0 Å². The van der Waals surface area contributed by atoms with Gasteiger partial charge in [-0.25, -0.2) is 4.98 Å². The first-order chi connectivity index (χ1) is 6.68. The van der Waals surface area contributed by atoms with Crippen molar-refractivity contribution in [3.63, 3.8) is 0 Å². The summed E-state index contributed by atoms with van der Waals surface area (Å²) >= 11 is 0. The number of nitrogens with zero attached hydrogens (tertiary/aromatic N) is 2. The third-order valence-corrected chi connectivity index (χ3v) is 2.00. The Kier molecular flexibility index (Phi) is 4.40. The summed E-state index contributed by atoms with van der Waals surface area (Å²) in [6.45, 7) is 4.17. The van der Waals surface area contributed by atoms with Crippen molar-refractivity contribution in [1.82, 2.24) is 9.88 Å². The van der Waals surface area contributed by atoms with Crippen LogP contribution < -0.4 is 5.32 Å². The lowest BCUT2D eigenvalue weighted by atomic mass is 10.3. The number of nitrogens with one attached hydrogen (secondary N) is 1. The molecule has 0 atom stereocenters. The molecule has 1 aromatic heterocycles. The van der Waals surface area contributed by atoms with Crippen molar-refractivity contribution in [2.75, 3.05) is 32.5 Å². The quantitative estimate of drug-likeness (QED) is 0.722. The van der Waals surface area contributed by atoms with Crippen molar-refractivity contribution in [2.24, 2.45) is 0 Å². The van der Waals surface area contributed by atoms with Gasteiger partial charge in [-0.3, -0.25) is 0 Å². The van der Waals surface area contributed by atoms with Gasteiger partial charge in [-0.15, -0.1) is 0 Å². The number of aromatic nitrogens is 1. The molecule has 78 valence electrons. The monoisotopic (exact) mass is 193 g/mol. The van der Waals surface area contributed by atoms with Gasteiger partial charge in [0.05, 0.1) is 0 Å². The van der Waals surface area contributed by atoms with Gasteiger partial charge in [0, 0.05) is 12.7 Å². The van der Waals surface area contributed by atoms with Gasteiger partial charge in [-0.2, -0.15) is 0 Å². The molecule has 0 unspecified atom stereocenters. The third kappa shape index (κ3) is 4.23. The molecular formula is C11H19N3. The lowest BCUT2D eigenvalue weighted by Gasteiger charge is -2.10. The van der Waals surface area contributed by atoms with Crippen LogP contribution in [0.15, 0.2) is 18.3 Å². The predicted octanol–water partition coefficient (Wildman–Crippen LogP) is 1.75. The van der Waals surface area contributed by atoms with Gasteiger partial charge in [0.25, 0.3) is 0 Å². The molecule has 0 aliphatic carbocycles. The SMILES string of the molecule is Cc1ccnc(NCCCN(C)C)c1. The zero-order valence-electron chi connectivity index (χ0n) is 9.25. The number of rotatable bonds is 5. The average Bonchev–Trinajstić information content (AvgIpc) is 2.12. The minimum absolute atomic E-state index is 0.976. The highest BCUT2D eigenvalue weighted by Crippen LogP contribution is 2.04. The molecule has 0 fully saturated rings. The maximum absolute atomic E-state index is 4.23. The fourth-order valence-electron chi connectivity index (χ4n) is 1.24. The van der Waals surface area contributed by atoms with E-state index in [1.807, 2.05) is 12.3 Å². The molecule has 0 radical (unpaired) electrons. The number of hydrogen-bond donors (Lipinski definition) is 1. The van der Waals surface area contributed by atoms with Crippen LogP contribution in [0.1, 0.15) is 12.0 Å². The molecule has 0 saturated heterocycles. The van der Waals surface area contributed by atoms with E-state index in [1.165, 1.54) is 5.56 Å². The lowest BCUT2D eigenvalue weighted by Crippen LogP contribution is -2.16. The molecule has 0 aliphatic heterocycles. The zero-order valence-corrected chi connectivity index (χ0v) is 9.25.